The van der Waals surface area contributed by atoms with Crippen LogP contribution < -0.4 is 10.2 Å². The zero-order valence-electron chi connectivity index (χ0n) is 12.1. The van der Waals surface area contributed by atoms with Gasteiger partial charge < -0.3 is 10.2 Å². The van der Waals surface area contributed by atoms with Crippen molar-refractivity contribution in [3.8, 4) is 0 Å². The first-order valence-electron chi connectivity index (χ1n) is 7.26. The number of nitro groups is 1. The van der Waals surface area contributed by atoms with Gasteiger partial charge in [0.15, 0.2) is 0 Å². The van der Waals surface area contributed by atoms with Crippen molar-refractivity contribution < 1.29 is 4.92 Å². The average molecular weight is 299 g/mol. The lowest BCUT2D eigenvalue weighted by Gasteiger charge is -2.16. The molecule has 0 saturated carbocycles. The molecular formula is C15H17N5O2. The summed E-state index contributed by atoms with van der Waals surface area (Å²) in [6.45, 7) is 2.74. The fourth-order valence-corrected chi connectivity index (χ4v) is 2.45. The molecule has 0 bridgehead atoms. The number of nitrogens with zero attached hydrogens (tertiary/aromatic N) is 4. The highest BCUT2D eigenvalue weighted by Gasteiger charge is 2.12. The fraction of sp³-hybridized carbons (Fsp3) is 0.333. The maximum atomic E-state index is 10.6. The van der Waals surface area contributed by atoms with Crippen LogP contribution in [0.4, 0.5) is 17.3 Å². The minimum Gasteiger partial charge on any atom is -0.366 e. The van der Waals surface area contributed by atoms with Gasteiger partial charge in [-0.25, -0.2) is 9.97 Å². The highest BCUT2D eigenvalue weighted by atomic mass is 16.6. The SMILES string of the molecule is O=[N+]([O-])c1ccc(NCc2ccc(N3CCCC3)nc2)nc1. The predicted molar refractivity (Wildman–Crippen MR) is 83.9 cm³/mol. The second-order valence-electron chi connectivity index (χ2n) is 5.23. The van der Waals surface area contributed by atoms with E-state index in [-0.39, 0.29) is 5.69 Å². The second-order valence-corrected chi connectivity index (χ2v) is 5.23. The molecule has 0 aliphatic carbocycles. The van der Waals surface area contributed by atoms with Crippen molar-refractivity contribution in [3.63, 3.8) is 0 Å². The maximum absolute atomic E-state index is 10.6. The Kier molecular flexibility index (Phi) is 4.13. The van der Waals surface area contributed by atoms with E-state index in [0.29, 0.717) is 12.4 Å². The normalized spacial score (nSPS) is 14.1. The molecule has 1 fully saturated rings. The molecule has 1 aliphatic heterocycles. The van der Waals surface area contributed by atoms with Crippen molar-refractivity contribution in [2.45, 2.75) is 19.4 Å². The highest BCUT2D eigenvalue weighted by Crippen LogP contribution is 2.18. The van der Waals surface area contributed by atoms with Gasteiger partial charge in [-0.3, -0.25) is 10.1 Å². The fourth-order valence-electron chi connectivity index (χ4n) is 2.45. The van der Waals surface area contributed by atoms with Crippen LogP contribution in [-0.2, 0) is 6.54 Å². The Morgan fingerprint density at radius 3 is 2.55 bits per heavy atom. The first kappa shape index (κ1) is 14.2. The van der Waals surface area contributed by atoms with Crippen LogP contribution >= 0.6 is 0 Å². The molecule has 0 aromatic carbocycles. The van der Waals surface area contributed by atoms with Gasteiger partial charge in [0.05, 0.1) is 4.92 Å². The molecule has 0 atom stereocenters. The quantitative estimate of drug-likeness (QED) is 0.675. The van der Waals surface area contributed by atoms with Crippen LogP contribution in [0.2, 0.25) is 0 Å². The van der Waals surface area contributed by atoms with E-state index in [4.69, 9.17) is 0 Å². The third kappa shape index (κ3) is 3.30. The molecule has 7 heteroatoms. The Balaban J connectivity index is 1.57. The standard InChI is InChI=1S/C15H17N5O2/c21-20(22)13-4-5-14(17-11-13)16-9-12-3-6-15(18-10-12)19-7-1-2-8-19/h3-6,10-11H,1-2,7-9H2,(H,16,17). The Bertz CT molecular complexity index is 636. The minimum absolute atomic E-state index is 0.0119. The van der Waals surface area contributed by atoms with Gasteiger partial charge in [0, 0.05) is 31.9 Å². The zero-order chi connectivity index (χ0) is 15.4. The predicted octanol–water partition coefficient (Wildman–Crippen LogP) is 2.60. The largest absolute Gasteiger partial charge is 0.366 e. The van der Waals surface area contributed by atoms with Crippen LogP contribution in [-0.4, -0.2) is 28.0 Å². The number of hydrogen-bond acceptors (Lipinski definition) is 6. The number of anilines is 2. The summed E-state index contributed by atoms with van der Waals surface area (Å²) in [6, 6.07) is 7.11. The highest BCUT2D eigenvalue weighted by molar-refractivity contribution is 5.43. The summed E-state index contributed by atoms with van der Waals surface area (Å²) >= 11 is 0. The Morgan fingerprint density at radius 1 is 1.14 bits per heavy atom. The number of pyridine rings is 2. The first-order chi connectivity index (χ1) is 10.7. The average Bonchev–Trinajstić information content (AvgIpc) is 3.08. The summed E-state index contributed by atoms with van der Waals surface area (Å²) in [5.74, 6) is 1.63. The molecular weight excluding hydrogens is 282 g/mol. The monoisotopic (exact) mass is 299 g/mol. The summed E-state index contributed by atoms with van der Waals surface area (Å²) in [5.41, 5.74) is 1.03. The number of hydrogen-bond donors (Lipinski definition) is 1. The molecule has 1 N–H and O–H groups in total. The minimum atomic E-state index is -0.461. The lowest BCUT2D eigenvalue weighted by Crippen LogP contribution is -2.18. The van der Waals surface area contributed by atoms with E-state index in [1.807, 2.05) is 18.3 Å². The van der Waals surface area contributed by atoms with E-state index in [0.717, 1.165) is 24.5 Å². The Morgan fingerprint density at radius 2 is 1.95 bits per heavy atom. The van der Waals surface area contributed by atoms with Crippen LogP contribution in [0.25, 0.3) is 0 Å². The van der Waals surface area contributed by atoms with Crippen molar-refractivity contribution in [2.75, 3.05) is 23.3 Å². The van der Waals surface area contributed by atoms with Gasteiger partial charge in [0.2, 0.25) is 0 Å². The molecule has 1 saturated heterocycles. The molecule has 0 spiro atoms. The summed E-state index contributed by atoms with van der Waals surface area (Å²) < 4.78 is 0. The van der Waals surface area contributed by atoms with Crippen LogP contribution in [0.15, 0.2) is 36.7 Å². The third-order valence-electron chi connectivity index (χ3n) is 3.67. The summed E-state index contributed by atoms with van der Waals surface area (Å²) in [6.07, 6.45) is 5.57. The van der Waals surface area contributed by atoms with Crippen LogP contribution in [0.5, 0.6) is 0 Å². The number of rotatable bonds is 5. The third-order valence-corrected chi connectivity index (χ3v) is 3.67. The van der Waals surface area contributed by atoms with Gasteiger partial charge in [-0.15, -0.1) is 0 Å². The molecule has 3 rings (SSSR count). The van der Waals surface area contributed by atoms with Gasteiger partial charge in [-0.05, 0) is 30.5 Å². The van der Waals surface area contributed by atoms with E-state index in [2.05, 4.69) is 20.2 Å². The van der Waals surface area contributed by atoms with E-state index in [1.165, 1.54) is 25.1 Å². The lowest BCUT2D eigenvalue weighted by atomic mass is 10.2. The molecule has 7 nitrogen and oxygen atoms in total. The van der Waals surface area contributed by atoms with E-state index in [9.17, 15) is 10.1 Å². The van der Waals surface area contributed by atoms with Crippen molar-refractivity contribution in [1.29, 1.82) is 0 Å². The van der Waals surface area contributed by atoms with E-state index in [1.54, 1.807) is 6.07 Å². The molecule has 22 heavy (non-hydrogen) atoms. The van der Waals surface area contributed by atoms with Crippen molar-refractivity contribution >= 4 is 17.3 Å². The smallest absolute Gasteiger partial charge is 0.287 e. The van der Waals surface area contributed by atoms with Crippen LogP contribution in [0, 0.1) is 10.1 Å². The Hall–Kier alpha value is -2.70. The van der Waals surface area contributed by atoms with Gasteiger partial charge >= 0.3 is 0 Å². The Labute approximate surface area is 128 Å². The van der Waals surface area contributed by atoms with Crippen molar-refractivity contribution in [3.05, 3.63) is 52.3 Å². The van der Waals surface area contributed by atoms with Crippen LogP contribution in [0.1, 0.15) is 18.4 Å². The second kappa shape index (κ2) is 6.38. The number of aromatic nitrogens is 2. The van der Waals surface area contributed by atoms with Gasteiger partial charge in [0.25, 0.3) is 5.69 Å². The summed E-state index contributed by atoms with van der Waals surface area (Å²) in [7, 11) is 0. The first-order valence-corrected chi connectivity index (χ1v) is 7.26. The lowest BCUT2D eigenvalue weighted by molar-refractivity contribution is -0.385. The summed E-state index contributed by atoms with van der Waals surface area (Å²) in [4.78, 5) is 20.9. The van der Waals surface area contributed by atoms with Gasteiger partial charge in [-0.1, -0.05) is 6.07 Å². The zero-order valence-corrected chi connectivity index (χ0v) is 12.1. The molecule has 2 aromatic heterocycles. The molecule has 0 radical (unpaired) electrons. The molecule has 114 valence electrons. The molecule has 0 amide bonds. The molecule has 3 heterocycles. The maximum Gasteiger partial charge on any atom is 0.287 e. The topological polar surface area (TPSA) is 84.2 Å². The van der Waals surface area contributed by atoms with Crippen molar-refractivity contribution in [2.24, 2.45) is 0 Å². The number of nitrogens with one attached hydrogen (secondary N) is 1. The van der Waals surface area contributed by atoms with Gasteiger partial charge in [0.1, 0.15) is 17.8 Å². The molecule has 0 unspecified atom stereocenters. The van der Waals surface area contributed by atoms with E-state index >= 15 is 0 Å². The van der Waals surface area contributed by atoms with E-state index < -0.39 is 4.92 Å². The van der Waals surface area contributed by atoms with Crippen molar-refractivity contribution in [1.82, 2.24) is 9.97 Å². The van der Waals surface area contributed by atoms with Crippen LogP contribution in [0.3, 0.4) is 0 Å². The molecule has 1 aliphatic rings. The van der Waals surface area contributed by atoms with Gasteiger partial charge in [-0.2, -0.15) is 0 Å². The summed E-state index contributed by atoms with van der Waals surface area (Å²) in [5, 5.41) is 13.7. The molecule has 2 aromatic rings.